The van der Waals surface area contributed by atoms with Crippen molar-refractivity contribution < 1.29 is 4.79 Å². The molecule has 1 aliphatic heterocycles. The fourth-order valence-electron chi connectivity index (χ4n) is 1.89. The largest absolute Gasteiger partial charge is 0.352 e. The Labute approximate surface area is 92.2 Å². The van der Waals surface area contributed by atoms with Gasteiger partial charge in [0.25, 0.3) is 0 Å². The van der Waals surface area contributed by atoms with Crippen molar-refractivity contribution >= 4 is 5.91 Å². The van der Waals surface area contributed by atoms with Gasteiger partial charge in [0.15, 0.2) is 0 Å². The van der Waals surface area contributed by atoms with E-state index in [1.165, 1.54) is 0 Å². The van der Waals surface area contributed by atoms with Crippen LogP contribution in [0.15, 0.2) is 0 Å². The van der Waals surface area contributed by atoms with Crippen molar-refractivity contribution in [2.45, 2.75) is 51.7 Å². The summed E-state index contributed by atoms with van der Waals surface area (Å²) >= 11 is 0. The molecule has 0 saturated carbocycles. The van der Waals surface area contributed by atoms with Crippen molar-refractivity contribution in [2.24, 2.45) is 5.73 Å². The zero-order valence-corrected chi connectivity index (χ0v) is 9.99. The average Bonchev–Trinajstić information content (AvgIpc) is 2.18. The zero-order valence-electron chi connectivity index (χ0n) is 9.99. The smallest absolute Gasteiger partial charge is 0.236 e. The van der Waals surface area contributed by atoms with Crippen LogP contribution < -0.4 is 11.1 Å². The van der Waals surface area contributed by atoms with Gasteiger partial charge in [-0.15, -0.1) is 0 Å². The molecule has 0 aromatic heterocycles. The van der Waals surface area contributed by atoms with Crippen LogP contribution in [0.1, 0.15) is 33.6 Å². The van der Waals surface area contributed by atoms with Gasteiger partial charge in [-0.3, -0.25) is 4.79 Å². The fraction of sp³-hybridized carbons (Fsp3) is 0.909. The maximum atomic E-state index is 11.4. The van der Waals surface area contributed by atoms with Crippen molar-refractivity contribution in [2.75, 3.05) is 13.1 Å². The van der Waals surface area contributed by atoms with Crippen molar-refractivity contribution in [1.29, 1.82) is 0 Å². The second-order valence-corrected chi connectivity index (χ2v) is 4.70. The number of carbonyl (C=O) groups is 1. The maximum Gasteiger partial charge on any atom is 0.236 e. The minimum atomic E-state index is -0.395. The lowest BCUT2D eigenvalue weighted by Crippen LogP contribution is -2.49. The molecule has 1 fully saturated rings. The second-order valence-electron chi connectivity index (χ2n) is 4.70. The number of nitrogens with one attached hydrogen (secondary N) is 1. The number of hydrogen-bond donors (Lipinski definition) is 2. The van der Waals surface area contributed by atoms with E-state index in [-0.39, 0.29) is 5.91 Å². The lowest BCUT2D eigenvalue weighted by molar-refractivity contribution is -0.123. The number of hydrogen-bond acceptors (Lipinski definition) is 3. The van der Waals surface area contributed by atoms with Crippen LogP contribution in [0.4, 0.5) is 0 Å². The van der Waals surface area contributed by atoms with E-state index >= 15 is 0 Å². The van der Waals surface area contributed by atoms with Crippen molar-refractivity contribution in [1.82, 2.24) is 10.2 Å². The molecular weight excluding hydrogens is 190 g/mol. The highest BCUT2D eigenvalue weighted by Gasteiger charge is 2.22. The Morgan fingerprint density at radius 2 is 1.87 bits per heavy atom. The molecule has 0 aromatic rings. The standard InChI is InChI=1S/C11H23N3O/c1-8(2)14-6-4-10(5-7-14)13-11(15)9(3)12/h8-10H,4-7,12H2,1-3H3,(H,13,15)/t9-/m1/s1. The Balaban J connectivity index is 2.29. The third-order valence-electron chi connectivity index (χ3n) is 3.02. The molecule has 0 spiro atoms. The highest BCUT2D eigenvalue weighted by Crippen LogP contribution is 2.12. The molecule has 0 radical (unpaired) electrons. The summed E-state index contributed by atoms with van der Waals surface area (Å²) in [6.45, 7) is 8.28. The molecule has 1 aliphatic rings. The lowest BCUT2D eigenvalue weighted by Gasteiger charge is -2.35. The molecule has 4 heteroatoms. The first-order chi connectivity index (χ1) is 7.00. The third kappa shape index (κ3) is 3.80. The van der Waals surface area contributed by atoms with Gasteiger partial charge in [-0.05, 0) is 33.6 Å². The zero-order chi connectivity index (χ0) is 11.4. The van der Waals surface area contributed by atoms with Gasteiger partial charge in [-0.1, -0.05) is 0 Å². The summed E-state index contributed by atoms with van der Waals surface area (Å²) in [6.07, 6.45) is 2.08. The topological polar surface area (TPSA) is 58.4 Å². The number of nitrogens with two attached hydrogens (primary N) is 1. The first kappa shape index (κ1) is 12.5. The van der Waals surface area contributed by atoms with Crippen molar-refractivity contribution in [3.05, 3.63) is 0 Å². The molecule has 0 unspecified atom stereocenters. The van der Waals surface area contributed by atoms with E-state index in [4.69, 9.17) is 5.73 Å². The normalized spacial score (nSPS) is 21.7. The summed E-state index contributed by atoms with van der Waals surface area (Å²) in [4.78, 5) is 13.8. The van der Waals surface area contributed by atoms with E-state index in [1.807, 2.05) is 0 Å². The number of likely N-dealkylation sites (tertiary alicyclic amines) is 1. The number of piperidine rings is 1. The number of rotatable bonds is 3. The van der Waals surface area contributed by atoms with Crippen molar-refractivity contribution in [3.8, 4) is 0 Å². The monoisotopic (exact) mass is 213 g/mol. The predicted molar refractivity (Wildman–Crippen MR) is 61.5 cm³/mol. The molecule has 0 aliphatic carbocycles. The predicted octanol–water partition coefficient (Wildman–Crippen LogP) is 0.323. The SMILES string of the molecule is CC(C)N1CCC(NC(=O)[C@@H](C)N)CC1. The molecule has 1 saturated heterocycles. The fourth-order valence-corrected chi connectivity index (χ4v) is 1.89. The van der Waals surface area contributed by atoms with Gasteiger partial charge in [0, 0.05) is 25.2 Å². The highest BCUT2D eigenvalue weighted by molar-refractivity contribution is 5.81. The van der Waals surface area contributed by atoms with Crippen LogP contribution >= 0.6 is 0 Å². The summed E-state index contributed by atoms with van der Waals surface area (Å²) in [5, 5.41) is 2.99. The van der Waals surface area contributed by atoms with E-state index in [1.54, 1.807) is 6.92 Å². The van der Waals surface area contributed by atoms with Gasteiger partial charge in [0.2, 0.25) is 5.91 Å². The molecule has 15 heavy (non-hydrogen) atoms. The van der Waals surface area contributed by atoms with Gasteiger partial charge >= 0.3 is 0 Å². The summed E-state index contributed by atoms with van der Waals surface area (Å²) in [5.74, 6) is -0.0296. The summed E-state index contributed by atoms with van der Waals surface area (Å²) < 4.78 is 0. The van der Waals surface area contributed by atoms with Gasteiger partial charge in [-0.2, -0.15) is 0 Å². The van der Waals surface area contributed by atoms with Gasteiger partial charge < -0.3 is 16.0 Å². The third-order valence-corrected chi connectivity index (χ3v) is 3.02. The van der Waals surface area contributed by atoms with Crippen LogP contribution in [0.25, 0.3) is 0 Å². The molecule has 1 amide bonds. The minimum absolute atomic E-state index is 0.0296. The number of amides is 1. The minimum Gasteiger partial charge on any atom is -0.352 e. The average molecular weight is 213 g/mol. The number of nitrogens with zero attached hydrogens (tertiary/aromatic N) is 1. The molecule has 3 N–H and O–H groups in total. The van der Waals surface area contributed by atoms with Gasteiger partial charge in [-0.25, -0.2) is 0 Å². The van der Waals surface area contributed by atoms with Crippen LogP contribution in [-0.4, -0.2) is 42.0 Å². The summed E-state index contributed by atoms with van der Waals surface area (Å²) in [6, 6.07) is 0.529. The maximum absolute atomic E-state index is 11.4. The van der Waals surface area contributed by atoms with E-state index < -0.39 is 6.04 Å². The Kier molecular flexibility index (Phi) is 4.54. The Morgan fingerprint density at radius 1 is 1.33 bits per heavy atom. The number of carbonyl (C=O) groups excluding carboxylic acids is 1. The van der Waals surface area contributed by atoms with Gasteiger partial charge in [0.05, 0.1) is 6.04 Å². The second kappa shape index (κ2) is 5.47. The summed E-state index contributed by atoms with van der Waals surface area (Å²) in [5.41, 5.74) is 5.51. The first-order valence-corrected chi connectivity index (χ1v) is 5.80. The van der Waals surface area contributed by atoms with Crippen LogP contribution in [0.5, 0.6) is 0 Å². The van der Waals surface area contributed by atoms with E-state index in [2.05, 4.69) is 24.1 Å². The van der Waals surface area contributed by atoms with E-state index in [0.717, 1.165) is 25.9 Å². The molecule has 4 nitrogen and oxygen atoms in total. The summed E-state index contributed by atoms with van der Waals surface area (Å²) in [7, 11) is 0. The molecule has 88 valence electrons. The first-order valence-electron chi connectivity index (χ1n) is 5.80. The lowest BCUT2D eigenvalue weighted by atomic mass is 10.0. The Bertz CT molecular complexity index is 208. The Hall–Kier alpha value is -0.610. The molecule has 1 rings (SSSR count). The van der Waals surface area contributed by atoms with Crippen molar-refractivity contribution in [3.63, 3.8) is 0 Å². The van der Waals surface area contributed by atoms with Crippen LogP contribution in [-0.2, 0) is 4.79 Å². The van der Waals surface area contributed by atoms with Crippen LogP contribution in [0, 0.1) is 0 Å². The molecular formula is C11H23N3O. The quantitative estimate of drug-likeness (QED) is 0.710. The molecule has 0 aromatic carbocycles. The van der Waals surface area contributed by atoms with Crippen LogP contribution in [0.2, 0.25) is 0 Å². The van der Waals surface area contributed by atoms with E-state index in [9.17, 15) is 4.79 Å². The van der Waals surface area contributed by atoms with Crippen LogP contribution in [0.3, 0.4) is 0 Å². The van der Waals surface area contributed by atoms with E-state index in [0.29, 0.717) is 12.1 Å². The molecule has 1 atom stereocenters. The Morgan fingerprint density at radius 3 is 2.27 bits per heavy atom. The molecule has 0 bridgehead atoms. The molecule has 1 heterocycles. The van der Waals surface area contributed by atoms with Gasteiger partial charge in [0.1, 0.15) is 0 Å². The highest BCUT2D eigenvalue weighted by atomic mass is 16.2.